The zero-order chi connectivity index (χ0) is 18.3. The van der Waals surface area contributed by atoms with E-state index in [4.69, 9.17) is 0 Å². The van der Waals surface area contributed by atoms with Crippen LogP contribution in [0, 0.1) is 6.92 Å². The summed E-state index contributed by atoms with van der Waals surface area (Å²) in [4.78, 5) is 15.9. The first kappa shape index (κ1) is 16.7. The molecule has 0 spiro atoms. The Morgan fingerprint density at radius 1 is 1.28 bits per heavy atom. The number of fused-ring (bicyclic) bond motifs is 1. The minimum atomic E-state index is -2.70. The molecule has 130 valence electrons. The maximum absolute atomic E-state index is 13.0. The lowest BCUT2D eigenvalue weighted by atomic mass is 10.1. The summed E-state index contributed by atoms with van der Waals surface area (Å²) >= 11 is 0. The molecule has 0 fully saturated rings. The number of halogens is 2. The number of carboxylic acids is 1. The van der Waals surface area contributed by atoms with E-state index in [0.29, 0.717) is 22.4 Å². The smallest absolute Gasteiger partial charge is 0.336 e. The van der Waals surface area contributed by atoms with Crippen LogP contribution in [0.3, 0.4) is 0 Å². The molecule has 0 aliphatic carbocycles. The van der Waals surface area contributed by atoms with Gasteiger partial charge in [-0.2, -0.15) is 10.2 Å². The van der Waals surface area contributed by atoms with Gasteiger partial charge >= 0.3 is 5.97 Å². The molecule has 25 heavy (non-hydrogen) atoms. The van der Waals surface area contributed by atoms with Gasteiger partial charge < -0.3 is 5.11 Å². The molecule has 0 unspecified atom stereocenters. The topological polar surface area (TPSA) is 85.8 Å². The summed E-state index contributed by atoms with van der Waals surface area (Å²) in [5, 5.41) is 17.8. The van der Waals surface area contributed by atoms with Gasteiger partial charge in [-0.05, 0) is 25.1 Å². The van der Waals surface area contributed by atoms with Gasteiger partial charge in [-0.15, -0.1) is 0 Å². The van der Waals surface area contributed by atoms with E-state index in [1.165, 1.54) is 33.8 Å². The molecule has 1 N–H and O–H groups in total. The summed E-state index contributed by atoms with van der Waals surface area (Å²) < 4.78 is 28.8. The van der Waals surface area contributed by atoms with Crippen LogP contribution in [0.1, 0.15) is 39.4 Å². The van der Waals surface area contributed by atoms with Crippen LogP contribution in [0.5, 0.6) is 0 Å². The summed E-state index contributed by atoms with van der Waals surface area (Å²) in [6.07, 6.45) is 1.68. The summed E-state index contributed by atoms with van der Waals surface area (Å²) in [5.74, 6) is -1.10. The Morgan fingerprint density at radius 3 is 2.64 bits per heavy atom. The Balaban J connectivity index is 2.11. The molecular formula is C16H15F2N5O2. The first-order valence-corrected chi connectivity index (χ1v) is 7.35. The zero-order valence-corrected chi connectivity index (χ0v) is 13.7. The second kappa shape index (κ2) is 6.08. The Morgan fingerprint density at radius 2 is 2.00 bits per heavy atom. The fourth-order valence-corrected chi connectivity index (χ4v) is 2.72. The average Bonchev–Trinajstić information content (AvgIpc) is 3.05. The maximum atomic E-state index is 13.0. The normalized spacial score (nSPS) is 11.9. The Bertz CT molecular complexity index is 1000. The number of rotatable bonds is 4. The van der Waals surface area contributed by atoms with Crippen LogP contribution >= 0.6 is 0 Å². The van der Waals surface area contributed by atoms with E-state index >= 15 is 0 Å². The van der Waals surface area contributed by atoms with E-state index < -0.39 is 12.4 Å². The number of hydrogen-bond donors (Lipinski definition) is 1. The summed E-state index contributed by atoms with van der Waals surface area (Å²) in [5.41, 5.74) is 1.28. The van der Waals surface area contributed by atoms with Gasteiger partial charge in [0, 0.05) is 25.9 Å². The number of alkyl halides is 2. The highest BCUT2D eigenvalue weighted by Crippen LogP contribution is 2.25. The van der Waals surface area contributed by atoms with Gasteiger partial charge in [-0.25, -0.2) is 18.6 Å². The van der Waals surface area contributed by atoms with Crippen LogP contribution in [0.4, 0.5) is 8.78 Å². The van der Waals surface area contributed by atoms with Gasteiger partial charge in [0.05, 0.1) is 22.3 Å². The van der Waals surface area contributed by atoms with Crippen molar-refractivity contribution in [1.82, 2.24) is 24.5 Å². The van der Waals surface area contributed by atoms with Crippen molar-refractivity contribution in [3.63, 3.8) is 0 Å². The molecule has 3 aromatic heterocycles. The Hall–Kier alpha value is -3.10. The summed E-state index contributed by atoms with van der Waals surface area (Å²) in [7, 11) is 3.21. The van der Waals surface area contributed by atoms with Crippen LogP contribution in [0.25, 0.3) is 23.2 Å². The third-order valence-electron chi connectivity index (χ3n) is 3.75. The molecule has 3 heterocycles. The lowest BCUT2D eigenvalue weighted by Crippen LogP contribution is -2.01. The Labute approximate surface area is 141 Å². The van der Waals surface area contributed by atoms with Crippen molar-refractivity contribution in [2.24, 2.45) is 14.1 Å². The van der Waals surface area contributed by atoms with Gasteiger partial charge in [-0.1, -0.05) is 0 Å². The largest absolute Gasteiger partial charge is 0.478 e. The quantitative estimate of drug-likeness (QED) is 0.784. The van der Waals surface area contributed by atoms with Crippen molar-refractivity contribution < 1.29 is 18.7 Å². The van der Waals surface area contributed by atoms with Crippen LogP contribution in [-0.4, -0.2) is 35.6 Å². The lowest BCUT2D eigenvalue weighted by Gasteiger charge is -2.02. The SMILES string of the molecule is Cc1nn(C)c2nc(/C=C/c3cn(C)nc3C(F)F)cc(C(=O)O)c12. The molecule has 0 saturated carbocycles. The average molecular weight is 347 g/mol. The van der Waals surface area contributed by atoms with E-state index in [1.807, 2.05) is 0 Å². The predicted molar refractivity (Wildman–Crippen MR) is 87.3 cm³/mol. The molecule has 7 nitrogen and oxygen atoms in total. The number of pyridine rings is 1. The third kappa shape index (κ3) is 3.00. The van der Waals surface area contributed by atoms with Crippen LogP contribution in [0.2, 0.25) is 0 Å². The van der Waals surface area contributed by atoms with E-state index in [9.17, 15) is 18.7 Å². The second-order valence-electron chi connectivity index (χ2n) is 5.58. The monoisotopic (exact) mass is 347 g/mol. The number of carbonyl (C=O) groups is 1. The lowest BCUT2D eigenvalue weighted by molar-refractivity contribution is 0.0699. The van der Waals surface area contributed by atoms with Crippen LogP contribution in [-0.2, 0) is 14.1 Å². The molecule has 0 saturated heterocycles. The molecule has 0 aliphatic heterocycles. The van der Waals surface area contributed by atoms with E-state index in [1.54, 1.807) is 21.0 Å². The minimum Gasteiger partial charge on any atom is -0.478 e. The Kier molecular flexibility index (Phi) is 4.07. The molecule has 0 atom stereocenters. The number of hydrogen-bond acceptors (Lipinski definition) is 4. The third-order valence-corrected chi connectivity index (χ3v) is 3.75. The fraction of sp³-hybridized carbons (Fsp3) is 0.250. The molecule has 0 bridgehead atoms. The first-order valence-electron chi connectivity index (χ1n) is 7.35. The van der Waals surface area contributed by atoms with Gasteiger partial charge in [0.2, 0.25) is 0 Å². The minimum absolute atomic E-state index is 0.0653. The van der Waals surface area contributed by atoms with Crippen molar-refractivity contribution >= 4 is 29.2 Å². The highest BCUT2D eigenvalue weighted by atomic mass is 19.3. The van der Waals surface area contributed by atoms with Crippen molar-refractivity contribution in [3.05, 3.63) is 40.5 Å². The van der Waals surface area contributed by atoms with Gasteiger partial charge in [0.15, 0.2) is 5.65 Å². The standard InChI is InChI=1S/C16H15F2N5O2/c1-8-12-11(16(24)25)6-10(19-15(12)23(3)20-8)5-4-9-7-22(2)21-13(9)14(17)18/h4-7,14H,1-3H3,(H,24,25)/b5-4+. The molecule has 9 heteroatoms. The van der Waals surface area contributed by atoms with E-state index in [2.05, 4.69) is 15.2 Å². The predicted octanol–water partition coefficient (Wildman–Crippen LogP) is 2.82. The fourth-order valence-electron chi connectivity index (χ4n) is 2.72. The van der Waals surface area contributed by atoms with Gasteiger partial charge in [0.1, 0.15) is 5.69 Å². The molecule has 0 aliphatic rings. The summed E-state index contributed by atoms with van der Waals surface area (Å²) in [6, 6.07) is 1.40. The molecule has 0 radical (unpaired) electrons. The number of aromatic carboxylic acids is 1. The van der Waals surface area contributed by atoms with Crippen LogP contribution < -0.4 is 0 Å². The number of carboxylic acid groups (broad SMARTS) is 1. The maximum Gasteiger partial charge on any atom is 0.336 e. The van der Waals surface area contributed by atoms with Crippen molar-refractivity contribution in [2.45, 2.75) is 13.3 Å². The molecule has 3 aromatic rings. The molecule has 0 amide bonds. The van der Waals surface area contributed by atoms with Crippen molar-refractivity contribution in [3.8, 4) is 0 Å². The van der Waals surface area contributed by atoms with Crippen molar-refractivity contribution in [1.29, 1.82) is 0 Å². The highest BCUT2D eigenvalue weighted by molar-refractivity contribution is 6.03. The zero-order valence-electron chi connectivity index (χ0n) is 13.7. The van der Waals surface area contributed by atoms with Crippen molar-refractivity contribution in [2.75, 3.05) is 0 Å². The molecular weight excluding hydrogens is 332 g/mol. The number of aromatic nitrogens is 5. The van der Waals surface area contributed by atoms with Gasteiger partial charge in [0.25, 0.3) is 6.43 Å². The van der Waals surface area contributed by atoms with E-state index in [0.717, 1.165) is 0 Å². The van der Waals surface area contributed by atoms with Crippen LogP contribution in [0.15, 0.2) is 12.3 Å². The number of nitrogens with zero attached hydrogens (tertiary/aromatic N) is 5. The molecule has 3 rings (SSSR count). The second-order valence-corrected chi connectivity index (χ2v) is 5.58. The number of aryl methyl sites for hydroxylation is 3. The van der Waals surface area contributed by atoms with E-state index in [-0.39, 0.29) is 16.8 Å². The van der Waals surface area contributed by atoms with Gasteiger partial charge in [-0.3, -0.25) is 9.36 Å². The molecule has 0 aromatic carbocycles. The highest BCUT2D eigenvalue weighted by Gasteiger charge is 2.18. The summed E-state index contributed by atoms with van der Waals surface area (Å²) in [6.45, 7) is 1.70. The first-order chi connectivity index (χ1) is 11.8.